The van der Waals surface area contributed by atoms with Crippen LogP contribution in [0.2, 0.25) is 0 Å². The molecule has 2 amide bonds. The second-order valence-corrected chi connectivity index (χ2v) is 5.16. The molecule has 2 aromatic rings. The van der Waals surface area contributed by atoms with Crippen molar-refractivity contribution in [3.8, 4) is 0 Å². The van der Waals surface area contributed by atoms with Crippen molar-refractivity contribution in [1.82, 2.24) is 19.4 Å². The number of anilines is 1. The Labute approximate surface area is 131 Å². The van der Waals surface area contributed by atoms with Crippen LogP contribution in [-0.4, -0.2) is 20.1 Å². The molecular weight excluding hydrogens is 298 g/mol. The van der Waals surface area contributed by atoms with Gasteiger partial charge >= 0.3 is 11.7 Å². The third kappa shape index (κ3) is 2.32. The van der Waals surface area contributed by atoms with Crippen LogP contribution in [0.5, 0.6) is 0 Å². The van der Waals surface area contributed by atoms with Crippen molar-refractivity contribution in [2.45, 2.75) is 33.0 Å². The number of rotatable bonds is 3. The lowest BCUT2D eigenvalue weighted by molar-refractivity contribution is 0.248. The maximum atomic E-state index is 12.8. The van der Waals surface area contributed by atoms with Crippen LogP contribution in [0.15, 0.2) is 34.1 Å². The Kier molecular flexibility index (Phi) is 3.73. The van der Waals surface area contributed by atoms with E-state index in [0.29, 0.717) is 17.7 Å². The van der Waals surface area contributed by atoms with Gasteiger partial charge in [0, 0.05) is 25.5 Å². The Bertz CT molecular complexity index is 869. The molecule has 0 radical (unpaired) electrons. The molecule has 1 unspecified atom stereocenters. The third-order valence-corrected chi connectivity index (χ3v) is 3.91. The van der Waals surface area contributed by atoms with Crippen LogP contribution in [-0.2, 0) is 13.1 Å². The van der Waals surface area contributed by atoms with Gasteiger partial charge in [-0.2, -0.15) is 0 Å². The van der Waals surface area contributed by atoms with Gasteiger partial charge in [-0.3, -0.25) is 24.2 Å². The molecular formula is C15H17N5O3. The molecule has 0 aliphatic carbocycles. The molecule has 0 saturated carbocycles. The minimum absolute atomic E-state index is 0.254. The molecule has 0 spiro atoms. The zero-order valence-electron chi connectivity index (χ0n) is 12.9. The predicted molar refractivity (Wildman–Crippen MR) is 84.5 cm³/mol. The van der Waals surface area contributed by atoms with Crippen LogP contribution in [0.1, 0.15) is 31.0 Å². The van der Waals surface area contributed by atoms with Crippen molar-refractivity contribution in [3.05, 3.63) is 56.5 Å². The Balaban J connectivity index is 2.35. The predicted octanol–water partition coefficient (Wildman–Crippen LogP) is 0.669. The van der Waals surface area contributed by atoms with E-state index in [1.807, 2.05) is 0 Å². The standard InChI is InChI=1S/C15H17N5O3/c1-3-19-12-10(13(21)20(4-2)15(19)23)11(17-14(22)18-12)9-6-5-7-16-8-9/h5-8,11H,3-4H2,1-2H3,(H2,17,18,22). The molecule has 2 aromatic heterocycles. The average Bonchev–Trinajstić information content (AvgIpc) is 2.55. The van der Waals surface area contributed by atoms with Crippen LogP contribution in [0.3, 0.4) is 0 Å². The van der Waals surface area contributed by atoms with Gasteiger partial charge in [0.2, 0.25) is 0 Å². The lowest BCUT2D eigenvalue weighted by atomic mass is 10.00. The topological polar surface area (TPSA) is 98.0 Å². The normalized spacial score (nSPS) is 16.4. The Morgan fingerprint density at radius 2 is 1.91 bits per heavy atom. The van der Waals surface area contributed by atoms with Crippen LogP contribution < -0.4 is 21.9 Å². The number of pyridine rings is 1. The summed E-state index contributed by atoms with van der Waals surface area (Å²) in [7, 11) is 0. The van der Waals surface area contributed by atoms with Crippen molar-refractivity contribution in [2.24, 2.45) is 0 Å². The summed E-state index contributed by atoms with van der Waals surface area (Å²) in [6, 6.07) is 2.42. The molecule has 3 rings (SSSR count). The van der Waals surface area contributed by atoms with Gasteiger partial charge in [-0.25, -0.2) is 9.59 Å². The van der Waals surface area contributed by atoms with E-state index in [1.54, 1.807) is 38.4 Å². The van der Waals surface area contributed by atoms with Gasteiger partial charge in [-0.15, -0.1) is 0 Å². The SMILES string of the molecule is CCn1c2c(c(=O)n(CC)c1=O)C(c1cccnc1)NC(=O)N2. The highest BCUT2D eigenvalue weighted by Crippen LogP contribution is 2.27. The summed E-state index contributed by atoms with van der Waals surface area (Å²) in [5.74, 6) is 0.254. The Morgan fingerprint density at radius 1 is 1.17 bits per heavy atom. The highest BCUT2D eigenvalue weighted by molar-refractivity contribution is 5.92. The third-order valence-electron chi connectivity index (χ3n) is 3.91. The smallest absolute Gasteiger partial charge is 0.326 e. The molecule has 8 nitrogen and oxygen atoms in total. The van der Waals surface area contributed by atoms with E-state index in [2.05, 4.69) is 15.6 Å². The number of fused-ring (bicyclic) bond motifs is 1. The first-order valence-electron chi connectivity index (χ1n) is 7.43. The molecule has 23 heavy (non-hydrogen) atoms. The van der Waals surface area contributed by atoms with Crippen LogP contribution in [0.4, 0.5) is 10.6 Å². The average molecular weight is 315 g/mol. The largest absolute Gasteiger partial charge is 0.332 e. The van der Waals surface area contributed by atoms with Gasteiger partial charge in [0.25, 0.3) is 5.56 Å². The summed E-state index contributed by atoms with van der Waals surface area (Å²) >= 11 is 0. The van der Waals surface area contributed by atoms with Gasteiger partial charge in [-0.1, -0.05) is 6.07 Å². The summed E-state index contributed by atoms with van der Waals surface area (Å²) in [4.78, 5) is 41.2. The Morgan fingerprint density at radius 3 is 2.52 bits per heavy atom. The monoisotopic (exact) mass is 315 g/mol. The molecule has 8 heteroatoms. The summed E-state index contributed by atoms with van der Waals surface area (Å²) in [5.41, 5.74) is 0.204. The molecule has 120 valence electrons. The summed E-state index contributed by atoms with van der Waals surface area (Å²) < 4.78 is 2.58. The number of carbonyl (C=O) groups excluding carboxylic acids is 1. The van der Waals surface area contributed by atoms with E-state index in [-0.39, 0.29) is 12.4 Å². The fraction of sp³-hybridized carbons (Fsp3) is 0.333. The van der Waals surface area contributed by atoms with Gasteiger partial charge in [0.15, 0.2) is 0 Å². The van der Waals surface area contributed by atoms with E-state index in [0.717, 1.165) is 0 Å². The van der Waals surface area contributed by atoms with Crippen molar-refractivity contribution >= 4 is 11.8 Å². The van der Waals surface area contributed by atoms with Gasteiger partial charge in [0.05, 0.1) is 11.6 Å². The van der Waals surface area contributed by atoms with Gasteiger partial charge < -0.3 is 5.32 Å². The molecule has 3 heterocycles. The lowest BCUT2D eigenvalue weighted by Gasteiger charge is -2.29. The first-order chi connectivity index (χ1) is 11.1. The fourth-order valence-electron chi connectivity index (χ4n) is 2.83. The highest BCUT2D eigenvalue weighted by atomic mass is 16.2. The maximum Gasteiger partial charge on any atom is 0.332 e. The number of aromatic nitrogens is 3. The molecule has 2 N–H and O–H groups in total. The fourth-order valence-corrected chi connectivity index (χ4v) is 2.83. The van der Waals surface area contributed by atoms with Crippen LogP contribution in [0, 0.1) is 0 Å². The molecule has 1 atom stereocenters. The van der Waals surface area contributed by atoms with Crippen LogP contribution in [0.25, 0.3) is 0 Å². The number of nitrogens with zero attached hydrogens (tertiary/aromatic N) is 3. The maximum absolute atomic E-state index is 12.8. The zero-order valence-corrected chi connectivity index (χ0v) is 12.9. The van der Waals surface area contributed by atoms with E-state index in [4.69, 9.17) is 0 Å². The summed E-state index contributed by atoms with van der Waals surface area (Å²) in [5, 5.41) is 5.32. The van der Waals surface area contributed by atoms with Gasteiger partial charge in [-0.05, 0) is 25.5 Å². The second kappa shape index (κ2) is 5.71. The first-order valence-corrected chi connectivity index (χ1v) is 7.43. The van der Waals surface area contributed by atoms with Gasteiger partial charge in [0.1, 0.15) is 5.82 Å². The van der Waals surface area contributed by atoms with Crippen LogP contribution >= 0.6 is 0 Å². The second-order valence-electron chi connectivity index (χ2n) is 5.16. The minimum Gasteiger partial charge on any atom is -0.326 e. The zero-order chi connectivity index (χ0) is 16.6. The highest BCUT2D eigenvalue weighted by Gasteiger charge is 2.32. The molecule has 1 aliphatic heterocycles. The number of carbonyl (C=O) groups is 1. The number of hydrogen-bond donors (Lipinski definition) is 2. The first kappa shape index (κ1) is 15.0. The summed E-state index contributed by atoms with van der Waals surface area (Å²) in [6.07, 6.45) is 3.21. The number of urea groups is 1. The van der Waals surface area contributed by atoms with E-state index in [1.165, 1.54) is 9.13 Å². The van der Waals surface area contributed by atoms with Crippen molar-refractivity contribution in [2.75, 3.05) is 5.32 Å². The Hall–Kier alpha value is -2.90. The summed E-state index contributed by atoms with van der Waals surface area (Å²) in [6.45, 7) is 4.14. The quantitative estimate of drug-likeness (QED) is 0.869. The van der Waals surface area contributed by atoms with Crippen molar-refractivity contribution in [3.63, 3.8) is 0 Å². The van der Waals surface area contributed by atoms with E-state index < -0.39 is 23.3 Å². The molecule has 1 aliphatic rings. The van der Waals surface area contributed by atoms with E-state index >= 15 is 0 Å². The number of nitrogens with one attached hydrogen (secondary N) is 2. The van der Waals surface area contributed by atoms with E-state index in [9.17, 15) is 14.4 Å². The molecule has 0 saturated heterocycles. The van der Waals surface area contributed by atoms with Crippen molar-refractivity contribution < 1.29 is 4.79 Å². The molecule has 0 aromatic carbocycles. The molecule has 0 fully saturated rings. The van der Waals surface area contributed by atoms with Crippen molar-refractivity contribution in [1.29, 1.82) is 0 Å². The lowest BCUT2D eigenvalue weighted by Crippen LogP contribution is -2.50. The minimum atomic E-state index is -0.642. The number of hydrogen-bond acceptors (Lipinski definition) is 4. The number of amides is 2. The molecule has 0 bridgehead atoms.